The molecule has 3 unspecified atom stereocenters. The van der Waals surface area contributed by atoms with Crippen molar-refractivity contribution in [3.8, 4) is 5.75 Å². The number of carbonyl (C=O) groups is 3. The third kappa shape index (κ3) is 8.92. The van der Waals surface area contributed by atoms with Gasteiger partial charge in [0.05, 0.1) is 17.0 Å². The minimum Gasteiger partial charge on any atom is -0.508 e. The second-order valence-corrected chi connectivity index (χ2v) is 14.8. The molecule has 2 rings (SSSR count). The van der Waals surface area contributed by atoms with Gasteiger partial charge in [-0.25, -0.2) is 13.1 Å². The molecular formula is C33H48N4O6S. The molecule has 44 heavy (non-hydrogen) atoms. The van der Waals surface area contributed by atoms with Crippen LogP contribution in [-0.2, 0) is 29.8 Å². The number of hydrogen-bond acceptors (Lipinski definition) is 7. The van der Waals surface area contributed by atoms with Crippen LogP contribution in [0.1, 0.15) is 61.0 Å². The lowest BCUT2D eigenvalue weighted by Crippen LogP contribution is -2.61. The van der Waals surface area contributed by atoms with Crippen LogP contribution in [0, 0.1) is 11.3 Å². The SMILES string of the molecule is CNC(C(=O)NC(C(=O)N(C)C(/C=C(\C)C(=O)NS(=O)(=O)c1ccc(O)cc1)C(C)C)C(C)(C)C)C(C)(C)c1ccccc1. The number of phenols is 1. The summed E-state index contributed by atoms with van der Waals surface area (Å²) < 4.78 is 27.5. The van der Waals surface area contributed by atoms with Gasteiger partial charge in [0.1, 0.15) is 11.8 Å². The third-order valence-electron chi connectivity index (χ3n) is 7.82. The average molecular weight is 629 g/mol. The monoisotopic (exact) mass is 628 g/mol. The molecule has 10 nitrogen and oxygen atoms in total. The van der Waals surface area contributed by atoms with Crippen LogP contribution in [0.15, 0.2) is 71.1 Å². The maximum Gasteiger partial charge on any atom is 0.264 e. The number of nitrogens with zero attached hydrogens (tertiary/aromatic N) is 1. The Bertz CT molecular complexity index is 1450. The molecule has 0 heterocycles. The molecule has 2 aromatic carbocycles. The van der Waals surface area contributed by atoms with E-state index in [0.717, 1.165) is 5.56 Å². The Hall–Kier alpha value is -3.70. The van der Waals surface area contributed by atoms with Crippen molar-refractivity contribution < 1.29 is 27.9 Å². The molecule has 0 fully saturated rings. The Morgan fingerprint density at radius 1 is 0.909 bits per heavy atom. The number of sulfonamides is 1. The van der Waals surface area contributed by atoms with E-state index in [2.05, 4.69) is 10.6 Å². The van der Waals surface area contributed by atoms with Crippen molar-refractivity contribution in [3.63, 3.8) is 0 Å². The highest BCUT2D eigenvalue weighted by Gasteiger charge is 2.41. The van der Waals surface area contributed by atoms with Crippen molar-refractivity contribution in [2.75, 3.05) is 14.1 Å². The van der Waals surface area contributed by atoms with E-state index >= 15 is 0 Å². The summed E-state index contributed by atoms with van der Waals surface area (Å²) in [4.78, 5) is 42.0. The van der Waals surface area contributed by atoms with E-state index in [1.165, 1.54) is 36.1 Å². The number of phenolic OH excluding ortho intramolecular Hbond substituents is 1. The van der Waals surface area contributed by atoms with Gasteiger partial charge in [-0.05, 0) is 55.1 Å². The van der Waals surface area contributed by atoms with Crippen LogP contribution in [0.25, 0.3) is 0 Å². The van der Waals surface area contributed by atoms with Crippen LogP contribution in [0.3, 0.4) is 0 Å². The lowest BCUT2D eigenvalue weighted by Gasteiger charge is -2.40. The normalized spacial score (nSPS) is 14.8. The zero-order valence-corrected chi connectivity index (χ0v) is 28.2. The summed E-state index contributed by atoms with van der Waals surface area (Å²) in [6, 6.07) is 12.3. The van der Waals surface area contributed by atoms with Crippen LogP contribution in [0.4, 0.5) is 0 Å². The number of hydrogen-bond donors (Lipinski definition) is 4. The van der Waals surface area contributed by atoms with Gasteiger partial charge in [-0.1, -0.05) is 84.9 Å². The maximum absolute atomic E-state index is 14.0. The molecule has 11 heteroatoms. The zero-order valence-electron chi connectivity index (χ0n) is 27.4. The van der Waals surface area contributed by atoms with Gasteiger partial charge in [-0.2, -0.15) is 0 Å². The second kappa shape index (κ2) is 14.4. The van der Waals surface area contributed by atoms with Gasteiger partial charge < -0.3 is 20.6 Å². The molecule has 0 aliphatic rings. The summed E-state index contributed by atoms with van der Waals surface area (Å²) in [5.41, 5.74) is -0.184. The number of nitrogens with one attached hydrogen (secondary N) is 3. The number of benzene rings is 2. The predicted octanol–water partition coefficient (Wildman–Crippen LogP) is 3.72. The summed E-state index contributed by atoms with van der Waals surface area (Å²) in [5, 5.41) is 15.6. The fourth-order valence-corrected chi connectivity index (χ4v) is 6.07. The summed E-state index contributed by atoms with van der Waals surface area (Å²) in [6.07, 6.45) is 1.56. The first kappa shape index (κ1) is 36.5. The van der Waals surface area contributed by atoms with E-state index < -0.39 is 44.9 Å². The van der Waals surface area contributed by atoms with Crippen molar-refractivity contribution >= 4 is 27.7 Å². The van der Waals surface area contributed by atoms with Gasteiger partial charge in [0, 0.05) is 18.0 Å². The molecule has 3 atom stereocenters. The quantitative estimate of drug-likeness (QED) is 0.262. The first-order chi connectivity index (χ1) is 20.2. The van der Waals surface area contributed by atoms with Crippen LogP contribution in [-0.4, -0.2) is 68.4 Å². The first-order valence-electron chi connectivity index (χ1n) is 14.6. The molecular weight excluding hydrogens is 580 g/mol. The van der Waals surface area contributed by atoms with E-state index in [1.54, 1.807) is 20.2 Å². The molecule has 0 spiro atoms. The minimum atomic E-state index is -4.19. The van der Waals surface area contributed by atoms with Gasteiger partial charge in [0.15, 0.2) is 0 Å². The third-order valence-corrected chi connectivity index (χ3v) is 9.17. The first-order valence-corrected chi connectivity index (χ1v) is 16.1. The van der Waals surface area contributed by atoms with Crippen molar-refractivity contribution in [2.45, 2.75) is 83.8 Å². The lowest BCUT2D eigenvalue weighted by atomic mass is 9.76. The lowest BCUT2D eigenvalue weighted by molar-refractivity contribution is -0.140. The van der Waals surface area contributed by atoms with Gasteiger partial charge in [-0.3, -0.25) is 14.4 Å². The van der Waals surface area contributed by atoms with Crippen molar-refractivity contribution in [3.05, 3.63) is 71.8 Å². The summed E-state index contributed by atoms with van der Waals surface area (Å²) in [7, 11) is -0.869. The van der Waals surface area contributed by atoms with Crippen molar-refractivity contribution in [2.24, 2.45) is 11.3 Å². The van der Waals surface area contributed by atoms with Gasteiger partial charge in [0.2, 0.25) is 11.8 Å². The molecule has 0 saturated carbocycles. The van der Waals surface area contributed by atoms with E-state index in [-0.39, 0.29) is 34.0 Å². The number of amides is 3. The topological polar surface area (TPSA) is 145 Å². The largest absolute Gasteiger partial charge is 0.508 e. The Morgan fingerprint density at radius 2 is 1.45 bits per heavy atom. The fraction of sp³-hybridized carbons (Fsp3) is 0.485. The summed E-state index contributed by atoms with van der Waals surface area (Å²) in [6.45, 7) is 14.8. The second-order valence-electron chi connectivity index (χ2n) is 13.1. The van der Waals surface area contributed by atoms with Gasteiger partial charge >= 0.3 is 0 Å². The van der Waals surface area contributed by atoms with Crippen LogP contribution in [0.5, 0.6) is 5.75 Å². The molecule has 0 aliphatic carbocycles. The Balaban J connectivity index is 2.33. The molecule has 0 aromatic heterocycles. The standard InChI is InChI=1S/C33H48N4O6S/c1-21(2)26(20-22(3)29(39)36-44(42,43)25-18-16-24(38)17-19-25)37(10)31(41)28(32(4,5)6)35-30(40)27(34-9)33(7,8)23-14-12-11-13-15-23/h11-21,26-28,34,38H,1-10H3,(H,35,40)(H,36,39)/b22-20+. The molecule has 3 amide bonds. The molecule has 0 aliphatic heterocycles. The number of likely N-dealkylation sites (N-methyl/N-ethyl adjacent to an activating group) is 2. The number of carbonyl (C=O) groups excluding carboxylic acids is 3. The molecule has 2 aromatic rings. The van der Waals surface area contributed by atoms with Crippen molar-refractivity contribution in [1.29, 1.82) is 0 Å². The molecule has 4 N–H and O–H groups in total. The molecule has 0 saturated heterocycles. The zero-order chi connectivity index (χ0) is 33.6. The predicted molar refractivity (Wildman–Crippen MR) is 172 cm³/mol. The maximum atomic E-state index is 14.0. The summed E-state index contributed by atoms with van der Waals surface area (Å²) in [5.74, 6) is -1.78. The highest BCUT2D eigenvalue weighted by Crippen LogP contribution is 2.29. The average Bonchev–Trinajstić information content (AvgIpc) is 2.93. The fourth-order valence-electron chi connectivity index (χ4n) is 5.05. The Labute approximate surface area is 262 Å². The van der Waals surface area contributed by atoms with Crippen molar-refractivity contribution in [1.82, 2.24) is 20.3 Å². The van der Waals surface area contributed by atoms with Gasteiger partial charge in [0.25, 0.3) is 15.9 Å². The smallest absolute Gasteiger partial charge is 0.264 e. The van der Waals surface area contributed by atoms with E-state index in [0.29, 0.717) is 0 Å². The molecule has 242 valence electrons. The number of aromatic hydroxyl groups is 1. The van der Waals surface area contributed by atoms with E-state index in [1.807, 2.05) is 83.5 Å². The van der Waals surface area contributed by atoms with E-state index in [9.17, 15) is 27.9 Å². The van der Waals surface area contributed by atoms with Gasteiger partial charge in [-0.15, -0.1) is 0 Å². The summed E-state index contributed by atoms with van der Waals surface area (Å²) >= 11 is 0. The minimum absolute atomic E-state index is 0.0990. The van der Waals surface area contributed by atoms with E-state index in [4.69, 9.17) is 0 Å². The van der Waals surface area contributed by atoms with Crippen LogP contribution >= 0.6 is 0 Å². The number of rotatable bonds is 12. The Morgan fingerprint density at radius 3 is 1.93 bits per heavy atom. The van der Waals surface area contributed by atoms with Crippen LogP contribution < -0.4 is 15.4 Å². The highest BCUT2D eigenvalue weighted by atomic mass is 32.2. The van der Waals surface area contributed by atoms with Crippen LogP contribution in [0.2, 0.25) is 0 Å². The highest BCUT2D eigenvalue weighted by molar-refractivity contribution is 7.90. The molecule has 0 radical (unpaired) electrons. The Kier molecular flexibility index (Phi) is 11.9. The molecule has 0 bridgehead atoms.